The molecule has 1 aromatic heterocycles. The van der Waals surface area contributed by atoms with Crippen LogP contribution in [-0.4, -0.2) is 22.3 Å². The molecule has 0 radical (unpaired) electrons. The summed E-state index contributed by atoms with van der Waals surface area (Å²) in [7, 11) is 0. The molecule has 0 unspecified atom stereocenters. The molecular weight excluding hydrogens is 220 g/mol. The smallest absolute Gasteiger partial charge is 0.223 e. The second kappa shape index (κ2) is 6.58. The fourth-order valence-electron chi connectivity index (χ4n) is 1.19. The van der Waals surface area contributed by atoms with Gasteiger partial charge in [0.25, 0.3) is 0 Å². The van der Waals surface area contributed by atoms with E-state index in [0.717, 1.165) is 29.1 Å². The highest BCUT2D eigenvalue weighted by atomic mass is 32.2. The molecule has 90 valence electrons. The molecule has 0 atom stereocenters. The molecule has 1 rings (SSSR count). The summed E-state index contributed by atoms with van der Waals surface area (Å²) in [5.74, 6) is 2.94. The number of nitrogens with zero attached hydrogens (tertiary/aromatic N) is 2. The molecule has 0 fully saturated rings. The molecule has 0 aliphatic rings. The number of nitrogen functional groups attached to an aromatic ring is 1. The van der Waals surface area contributed by atoms with E-state index in [1.807, 2.05) is 13.0 Å². The summed E-state index contributed by atoms with van der Waals surface area (Å²) >= 11 is 1.73. The number of aromatic nitrogens is 2. The van der Waals surface area contributed by atoms with Crippen molar-refractivity contribution in [1.82, 2.24) is 9.97 Å². The summed E-state index contributed by atoms with van der Waals surface area (Å²) in [5.41, 5.74) is 5.65. The Bertz CT molecular complexity index is 328. The Morgan fingerprint density at radius 2 is 2.19 bits per heavy atom. The summed E-state index contributed by atoms with van der Waals surface area (Å²) in [6, 6.07) is 1.95. The molecule has 16 heavy (non-hydrogen) atoms. The minimum atomic E-state index is 0.338. The Labute approximate surface area is 101 Å². The second-order valence-electron chi connectivity index (χ2n) is 4.01. The molecule has 0 saturated heterocycles. The zero-order chi connectivity index (χ0) is 12.0. The van der Waals surface area contributed by atoms with Crippen molar-refractivity contribution in [3.05, 3.63) is 6.07 Å². The van der Waals surface area contributed by atoms with E-state index < -0.39 is 0 Å². The van der Waals surface area contributed by atoms with Gasteiger partial charge in [-0.3, -0.25) is 0 Å². The molecule has 0 bridgehead atoms. The van der Waals surface area contributed by atoms with Gasteiger partial charge in [-0.25, -0.2) is 4.98 Å². The van der Waals surface area contributed by atoms with Crippen molar-refractivity contribution in [2.45, 2.75) is 32.2 Å². The van der Waals surface area contributed by atoms with Gasteiger partial charge in [-0.2, -0.15) is 4.98 Å². The van der Waals surface area contributed by atoms with Crippen LogP contribution in [0.3, 0.4) is 0 Å². The maximum Gasteiger partial charge on any atom is 0.223 e. The zero-order valence-corrected chi connectivity index (χ0v) is 11.0. The van der Waals surface area contributed by atoms with Crippen molar-refractivity contribution in [3.8, 4) is 0 Å². The van der Waals surface area contributed by atoms with E-state index in [2.05, 4.69) is 29.1 Å². The van der Waals surface area contributed by atoms with Gasteiger partial charge in [0.05, 0.1) is 0 Å². The fourth-order valence-corrected chi connectivity index (χ4v) is 2.34. The van der Waals surface area contributed by atoms with Crippen molar-refractivity contribution in [1.29, 1.82) is 0 Å². The van der Waals surface area contributed by atoms with Gasteiger partial charge in [0.15, 0.2) is 0 Å². The lowest BCUT2D eigenvalue weighted by molar-refractivity contribution is 0.632. The molecular formula is C11H20N4S. The van der Waals surface area contributed by atoms with Crippen molar-refractivity contribution in [2.75, 3.05) is 23.3 Å². The van der Waals surface area contributed by atoms with Crippen LogP contribution in [0, 0.1) is 5.92 Å². The number of nitrogens with one attached hydrogen (secondary N) is 1. The van der Waals surface area contributed by atoms with Crippen LogP contribution in [0.15, 0.2) is 11.1 Å². The van der Waals surface area contributed by atoms with Gasteiger partial charge < -0.3 is 11.1 Å². The van der Waals surface area contributed by atoms with Gasteiger partial charge in [-0.05, 0) is 25.0 Å². The Morgan fingerprint density at radius 1 is 1.44 bits per heavy atom. The Kier molecular flexibility index (Phi) is 5.38. The SMILES string of the molecule is CCNc1cc(SCCC(C)C)nc(N)n1. The third-order valence-electron chi connectivity index (χ3n) is 2.02. The minimum absolute atomic E-state index is 0.338. The van der Waals surface area contributed by atoms with E-state index in [1.54, 1.807) is 11.8 Å². The average molecular weight is 240 g/mol. The summed E-state index contributed by atoms with van der Waals surface area (Å²) < 4.78 is 0. The van der Waals surface area contributed by atoms with Crippen LogP contribution in [-0.2, 0) is 0 Å². The van der Waals surface area contributed by atoms with E-state index in [4.69, 9.17) is 5.73 Å². The number of hydrogen-bond donors (Lipinski definition) is 2. The highest BCUT2D eigenvalue weighted by molar-refractivity contribution is 7.99. The lowest BCUT2D eigenvalue weighted by Gasteiger charge is -2.07. The van der Waals surface area contributed by atoms with Crippen LogP contribution >= 0.6 is 11.8 Å². The van der Waals surface area contributed by atoms with Crippen LogP contribution in [0.2, 0.25) is 0 Å². The molecule has 0 aromatic carbocycles. The minimum Gasteiger partial charge on any atom is -0.370 e. The molecule has 1 aromatic rings. The summed E-state index contributed by atoms with van der Waals surface area (Å²) in [4.78, 5) is 8.31. The van der Waals surface area contributed by atoms with Crippen LogP contribution in [0.25, 0.3) is 0 Å². The number of rotatable bonds is 6. The monoisotopic (exact) mass is 240 g/mol. The number of nitrogens with two attached hydrogens (primary N) is 1. The highest BCUT2D eigenvalue weighted by Gasteiger charge is 2.03. The standard InChI is InChI=1S/C11H20N4S/c1-4-13-9-7-10(15-11(12)14-9)16-6-5-8(2)3/h7-8H,4-6H2,1-3H3,(H3,12,13,14,15). The highest BCUT2D eigenvalue weighted by Crippen LogP contribution is 2.21. The lowest BCUT2D eigenvalue weighted by atomic mass is 10.2. The van der Waals surface area contributed by atoms with E-state index in [9.17, 15) is 0 Å². The molecule has 0 saturated carbocycles. The quantitative estimate of drug-likeness (QED) is 0.591. The number of anilines is 2. The number of thioether (sulfide) groups is 1. The summed E-state index contributed by atoms with van der Waals surface area (Å²) in [6.45, 7) is 7.31. The second-order valence-corrected chi connectivity index (χ2v) is 5.13. The van der Waals surface area contributed by atoms with E-state index in [0.29, 0.717) is 5.95 Å². The molecule has 1 heterocycles. The molecule has 5 heteroatoms. The molecule has 0 spiro atoms. The number of hydrogen-bond acceptors (Lipinski definition) is 5. The predicted octanol–water partition coefficient (Wildman–Crippen LogP) is 2.63. The van der Waals surface area contributed by atoms with E-state index >= 15 is 0 Å². The van der Waals surface area contributed by atoms with Crippen molar-refractivity contribution < 1.29 is 0 Å². The summed E-state index contributed by atoms with van der Waals surface area (Å²) in [6.07, 6.45) is 1.19. The third-order valence-corrected chi connectivity index (χ3v) is 2.97. The first-order valence-corrected chi connectivity index (χ1v) is 6.61. The van der Waals surface area contributed by atoms with Gasteiger partial charge >= 0.3 is 0 Å². The predicted molar refractivity (Wildman–Crippen MR) is 70.8 cm³/mol. The normalized spacial score (nSPS) is 10.8. The summed E-state index contributed by atoms with van der Waals surface area (Å²) in [5, 5.41) is 4.09. The first kappa shape index (κ1) is 13.1. The van der Waals surface area contributed by atoms with Gasteiger partial charge in [0.1, 0.15) is 10.8 Å². The maximum absolute atomic E-state index is 5.65. The third kappa shape index (κ3) is 4.70. The average Bonchev–Trinajstić information content (AvgIpc) is 2.16. The van der Waals surface area contributed by atoms with Crippen LogP contribution < -0.4 is 11.1 Å². The van der Waals surface area contributed by atoms with Crippen molar-refractivity contribution in [3.63, 3.8) is 0 Å². The largest absolute Gasteiger partial charge is 0.370 e. The molecule has 0 amide bonds. The maximum atomic E-state index is 5.65. The first-order chi connectivity index (χ1) is 7.61. The molecule has 0 aliphatic heterocycles. The fraction of sp³-hybridized carbons (Fsp3) is 0.636. The Balaban J connectivity index is 2.58. The lowest BCUT2D eigenvalue weighted by Crippen LogP contribution is -2.04. The Hall–Kier alpha value is -0.970. The first-order valence-electron chi connectivity index (χ1n) is 5.63. The van der Waals surface area contributed by atoms with Crippen molar-refractivity contribution >= 4 is 23.5 Å². The van der Waals surface area contributed by atoms with Crippen LogP contribution in [0.4, 0.5) is 11.8 Å². The Morgan fingerprint density at radius 3 is 2.81 bits per heavy atom. The van der Waals surface area contributed by atoms with E-state index in [-0.39, 0.29) is 0 Å². The molecule has 3 N–H and O–H groups in total. The van der Waals surface area contributed by atoms with E-state index in [1.165, 1.54) is 6.42 Å². The zero-order valence-electron chi connectivity index (χ0n) is 10.2. The van der Waals surface area contributed by atoms with Crippen LogP contribution in [0.5, 0.6) is 0 Å². The van der Waals surface area contributed by atoms with Gasteiger partial charge in [-0.15, -0.1) is 11.8 Å². The van der Waals surface area contributed by atoms with Crippen molar-refractivity contribution in [2.24, 2.45) is 5.92 Å². The van der Waals surface area contributed by atoms with Gasteiger partial charge in [0, 0.05) is 12.6 Å². The van der Waals surface area contributed by atoms with Gasteiger partial charge in [-0.1, -0.05) is 13.8 Å². The molecule has 4 nitrogen and oxygen atoms in total. The molecule has 0 aliphatic carbocycles. The topological polar surface area (TPSA) is 63.8 Å². The van der Waals surface area contributed by atoms with Gasteiger partial charge in [0.2, 0.25) is 5.95 Å². The van der Waals surface area contributed by atoms with Crippen LogP contribution in [0.1, 0.15) is 27.2 Å².